The molecule has 0 fully saturated rings. The average molecular weight is 202 g/mol. The number of aromatic nitrogens is 1. The van der Waals surface area contributed by atoms with Gasteiger partial charge in [0.1, 0.15) is 0 Å². The van der Waals surface area contributed by atoms with Gasteiger partial charge in [0.15, 0.2) is 0 Å². The maximum Gasteiger partial charge on any atom is 0.0459 e. The Morgan fingerprint density at radius 2 is 2.20 bits per heavy atom. The Kier molecular flexibility index (Phi) is 2.78. The van der Waals surface area contributed by atoms with Gasteiger partial charge in [-0.15, -0.1) is 0 Å². The number of aryl methyl sites for hydroxylation is 1. The highest BCUT2D eigenvalue weighted by Gasteiger charge is 2.07. The Bertz CT molecular complexity index is 457. The van der Waals surface area contributed by atoms with Crippen LogP contribution in [0.2, 0.25) is 0 Å². The minimum atomic E-state index is 0.518. The predicted molar refractivity (Wildman–Crippen MR) is 65.3 cm³/mol. The standard InChI is InChI=1S/C13H18N2/c1-9-8-15-12-6-4-5-11(13(9)12)7-10(2)14-3/h4-6,8,10,14-15H,7H2,1-3H3. The molecule has 0 radical (unpaired) electrons. The van der Waals surface area contributed by atoms with E-state index in [2.05, 4.69) is 48.5 Å². The first-order valence-corrected chi connectivity index (χ1v) is 5.45. The average Bonchev–Trinajstić information content (AvgIpc) is 2.61. The lowest BCUT2D eigenvalue weighted by Crippen LogP contribution is -2.23. The first-order valence-electron chi connectivity index (χ1n) is 5.45. The van der Waals surface area contributed by atoms with Gasteiger partial charge in [-0.05, 0) is 44.5 Å². The van der Waals surface area contributed by atoms with E-state index in [4.69, 9.17) is 0 Å². The first-order chi connectivity index (χ1) is 7.22. The molecule has 2 nitrogen and oxygen atoms in total. The Morgan fingerprint density at radius 1 is 1.40 bits per heavy atom. The number of benzene rings is 1. The summed E-state index contributed by atoms with van der Waals surface area (Å²) < 4.78 is 0. The molecular formula is C13H18N2. The fourth-order valence-electron chi connectivity index (χ4n) is 2.05. The Morgan fingerprint density at radius 3 is 2.93 bits per heavy atom. The van der Waals surface area contributed by atoms with Crippen LogP contribution in [0.25, 0.3) is 10.9 Å². The zero-order valence-corrected chi connectivity index (χ0v) is 9.59. The lowest BCUT2D eigenvalue weighted by atomic mass is 10.0. The van der Waals surface area contributed by atoms with Gasteiger partial charge in [0.25, 0.3) is 0 Å². The van der Waals surface area contributed by atoms with Gasteiger partial charge in [-0.1, -0.05) is 12.1 Å². The van der Waals surface area contributed by atoms with E-state index in [1.165, 1.54) is 22.0 Å². The van der Waals surface area contributed by atoms with Gasteiger partial charge >= 0.3 is 0 Å². The number of rotatable bonds is 3. The molecule has 0 aliphatic rings. The lowest BCUT2D eigenvalue weighted by molar-refractivity contribution is 0.610. The fourth-order valence-corrected chi connectivity index (χ4v) is 2.05. The van der Waals surface area contributed by atoms with Gasteiger partial charge in [-0.3, -0.25) is 0 Å². The Balaban J connectivity index is 2.45. The van der Waals surface area contributed by atoms with E-state index < -0.39 is 0 Å². The third kappa shape index (κ3) is 1.90. The van der Waals surface area contributed by atoms with E-state index in [9.17, 15) is 0 Å². The molecule has 0 spiro atoms. The van der Waals surface area contributed by atoms with E-state index in [0.717, 1.165) is 6.42 Å². The fraction of sp³-hybridized carbons (Fsp3) is 0.385. The molecule has 1 atom stereocenters. The molecule has 0 amide bonds. The third-order valence-electron chi connectivity index (χ3n) is 3.01. The van der Waals surface area contributed by atoms with Crippen LogP contribution in [0.5, 0.6) is 0 Å². The highest BCUT2D eigenvalue weighted by molar-refractivity contribution is 5.86. The van der Waals surface area contributed by atoms with Crippen LogP contribution >= 0.6 is 0 Å². The Labute approximate surface area is 90.7 Å². The van der Waals surface area contributed by atoms with E-state index in [0.29, 0.717) is 6.04 Å². The molecule has 2 heteroatoms. The normalized spacial score (nSPS) is 13.3. The maximum atomic E-state index is 3.30. The van der Waals surface area contributed by atoms with Crippen LogP contribution in [-0.4, -0.2) is 18.1 Å². The Hall–Kier alpha value is -1.28. The maximum absolute atomic E-state index is 3.30. The number of nitrogens with one attached hydrogen (secondary N) is 2. The van der Waals surface area contributed by atoms with Crippen molar-refractivity contribution in [2.75, 3.05) is 7.05 Å². The number of hydrogen-bond donors (Lipinski definition) is 2. The minimum absolute atomic E-state index is 0.518. The molecule has 80 valence electrons. The van der Waals surface area contributed by atoms with Crippen molar-refractivity contribution < 1.29 is 0 Å². The van der Waals surface area contributed by atoms with Crippen LogP contribution < -0.4 is 5.32 Å². The van der Waals surface area contributed by atoms with Gasteiger partial charge in [-0.25, -0.2) is 0 Å². The molecule has 15 heavy (non-hydrogen) atoms. The van der Waals surface area contributed by atoms with Gasteiger partial charge in [0.05, 0.1) is 0 Å². The smallest absolute Gasteiger partial charge is 0.0459 e. The van der Waals surface area contributed by atoms with E-state index >= 15 is 0 Å². The van der Waals surface area contributed by atoms with Crippen molar-refractivity contribution in [3.05, 3.63) is 35.5 Å². The third-order valence-corrected chi connectivity index (χ3v) is 3.01. The summed E-state index contributed by atoms with van der Waals surface area (Å²) in [5.41, 5.74) is 4.00. The quantitative estimate of drug-likeness (QED) is 0.786. The summed E-state index contributed by atoms with van der Waals surface area (Å²) in [5.74, 6) is 0. The molecule has 2 rings (SSSR count). The molecule has 1 unspecified atom stereocenters. The SMILES string of the molecule is CNC(C)Cc1cccc2[nH]cc(C)c12. The largest absolute Gasteiger partial charge is 0.361 e. The number of H-pyrrole nitrogens is 1. The number of likely N-dealkylation sites (N-methyl/N-ethyl adjacent to an activating group) is 1. The summed E-state index contributed by atoms with van der Waals surface area (Å²) in [6.07, 6.45) is 3.16. The summed E-state index contributed by atoms with van der Waals surface area (Å²) in [4.78, 5) is 3.30. The zero-order chi connectivity index (χ0) is 10.8. The van der Waals surface area contributed by atoms with E-state index in [1.54, 1.807) is 0 Å². The molecular weight excluding hydrogens is 184 g/mol. The number of hydrogen-bond acceptors (Lipinski definition) is 1. The molecule has 0 aliphatic heterocycles. The summed E-state index contributed by atoms with van der Waals surface area (Å²) in [6, 6.07) is 6.99. The van der Waals surface area contributed by atoms with Crippen molar-refractivity contribution >= 4 is 10.9 Å². The molecule has 0 aliphatic carbocycles. The van der Waals surface area contributed by atoms with Crippen molar-refractivity contribution in [2.24, 2.45) is 0 Å². The van der Waals surface area contributed by atoms with Crippen molar-refractivity contribution in [2.45, 2.75) is 26.3 Å². The molecule has 2 aromatic rings. The van der Waals surface area contributed by atoms with Crippen molar-refractivity contribution in [1.82, 2.24) is 10.3 Å². The molecule has 2 N–H and O–H groups in total. The monoisotopic (exact) mass is 202 g/mol. The van der Waals surface area contributed by atoms with Crippen LogP contribution in [0, 0.1) is 6.92 Å². The highest BCUT2D eigenvalue weighted by Crippen LogP contribution is 2.22. The van der Waals surface area contributed by atoms with Crippen LogP contribution in [0.3, 0.4) is 0 Å². The van der Waals surface area contributed by atoms with Crippen LogP contribution in [0.1, 0.15) is 18.1 Å². The van der Waals surface area contributed by atoms with Crippen LogP contribution in [0.4, 0.5) is 0 Å². The van der Waals surface area contributed by atoms with E-state index in [1.807, 2.05) is 7.05 Å². The molecule has 0 saturated carbocycles. The van der Waals surface area contributed by atoms with Gasteiger partial charge in [0.2, 0.25) is 0 Å². The zero-order valence-electron chi connectivity index (χ0n) is 9.59. The lowest BCUT2D eigenvalue weighted by Gasteiger charge is -2.11. The second-order valence-electron chi connectivity index (χ2n) is 4.21. The second-order valence-corrected chi connectivity index (χ2v) is 4.21. The number of fused-ring (bicyclic) bond motifs is 1. The number of aromatic amines is 1. The minimum Gasteiger partial charge on any atom is -0.361 e. The van der Waals surface area contributed by atoms with Crippen LogP contribution in [-0.2, 0) is 6.42 Å². The summed E-state index contributed by atoms with van der Waals surface area (Å²) >= 11 is 0. The topological polar surface area (TPSA) is 27.8 Å². The van der Waals surface area contributed by atoms with Gasteiger partial charge in [-0.2, -0.15) is 0 Å². The van der Waals surface area contributed by atoms with Gasteiger partial charge < -0.3 is 10.3 Å². The van der Waals surface area contributed by atoms with E-state index in [-0.39, 0.29) is 0 Å². The van der Waals surface area contributed by atoms with Crippen LogP contribution in [0.15, 0.2) is 24.4 Å². The predicted octanol–water partition coefficient (Wildman–Crippen LogP) is 2.63. The first kappa shape index (κ1) is 10.2. The second kappa shape index (κ2) is 4.07. The van der Waals surface area contributed by atoms with Crippen molar-refractivity contribution in [3.8, 4) is 0 Å². The molecule has 1 aromatic heterocycles. The van der Waals surface area contributed by atoms with Crippen molar-refractivity contribution in [1.29, 1.82) is 0 Å². The highest BCUT2D eigenvalue weighted by atomic mass is 14.8. The molecule has 1 aromatic carbocycles. The molecule has 0 bridgehead atoms. The molecule has 1 heterocycles. The summed E-state index contributed by atoms with van der Waals surface area (Å²) in [7, 11) is 2.01. The van der Waals surface area contributed by atoms with Gasteiger partial charge in [0, 0.05) is 23.1 Å². The van der Waals surface area contributed by atoms with Crippen molar-refractivity contribution in [3.63, 3.8) is 0 Å². The summed E-state index contributed by atoms with van der Waals surface area (Å²) in [5, 5.41) is 4.67. The summed E-state index contributed by atoms with van der Waals surface area (Å²) in [6.45, 7) is 4.37. The molecule has 0 saturated heterocycles.